The molecule has 2 heteroatoms. The number of rotatable bonds is 0. The first-order chi connectivity index (χ1) is 10.5. The highest BCUT2D eigenvalue weighted by Crippen LogP contribution is 2.25. The standard InChI is InChI=1S/C20H18N2/c1-11-5-15-9-19-20(21-17(15)7-13(11)3)10-16-6-12(2)14(4)8-18(16)22-19/h5-10H,1-4H3. The van der Waals surface area contributed by atoms with Crippen LogP contribution in [0.15, 0.2) is 36.4 Å². The van der Waals surface area contributed by atoms with Crippen molar-refractivity contribution in [1.29, 1.82) is 0 Å². The van der Waals surface area contributed by atoms with Crippen LogP contribution < -0.4 is 0 Å². The van der Waals surface area contributed by atoms with E-state index in [0.717, 1.165) is 32.8 Å². The predicted octanol–water partition coefficient (Wildman–Crippen LogP) is 5.17. The first-order valence-corrected chi connectivity index (χ1v) is 7.61. The van der Waals surface area contributed by atoms with Crippen molar-refractivity contribution in [3.63, 3.8) is 0 Å². The van der Waals surface area contributed by atoms with Gasteiger partial charge in [-0.25, -0.2) is 9.97 Å². The second-order valence-corrected chi connectivity index (χ2v) is 6.27. The van der Waals surface area contributed by atoms with Crippen LogP contribution in [0.3, 0.4) is 0 Å². The Morgan fingerprint density at radius 2 is 0.818 bits per heavy atom. The fourth-order valence-corrected chi connectivity index (χ4v) is 2.95. The summed E-state index contributed by atoms with van der Waals surface area (Å²) < 4.78 is 0. The Morgan fingerprint density at radius 1 is 0.455 bits per heavy atom. The molecule has 2 aromatic carbocycles. The van der Waals surface area contributed by atoms with Crippen LogP contribution in [-0.4, -0.2) is 9.97 Å². The molecule has 0 atom stereocenters. The van der Waals surface area contributed by atoms with Gasteiger partial charge < -0.3 is 0 Å². The summed E-state index contributed by atoms with van der Waals surface area (Å²) in [5.41, 5.74) is 9.15. The minimum Gasteiger partial charge on any atom is -0.246 e. The summed E-state index contributed by atoms with van der Waals surface area (Å²) in [7, 11) is 0. The van der Waals surface area contributed by atoms with Crippen molar-refractivity contribution in [3.05, 3.63) is 58.7 Å². The van der Waals surface area contributed by atoms with E-state index < -0.39 is 0 Å². The van der Waals surface area contributed by atoms with Gasteiger partial charge >= 0.3 is 0 Å². The Balaban J connectivity index is 2.11. The maximum absolute atomic E-state index is 4.82. The van der Waals surface area contributed by atoms with Crippen molar-refractivity contribution in [2.75, 3.05) is 0 Å². The van der Waals surface area contributed by atoms with Gasteiger partial charge in [0.2, 0.25) is 0 Å². The van der Waals surface area contributed by atoms with Crippen LogP contribution in [0.5, 0.6) is 0 Å². The quantitative estimate of drug-likeness (QED) is 0.417. The first-order valence-electron chi connectivity index (χ1n) is 7.61. The van der Waals surface area contributed by atoms with Gasteiger partial charge in [0.25, 0.3) is 0 Å². The van der Waals surface area contributed by atoms with E-state index in [-0.39, 0.29) is 0 Å². The molecule has 0 aliphatic heterocycles. The van der Waals surface area contributed by atoms with E-state index in [2.05, 4.69) is 64.1 Å². The Labute approximate surface area is 129 Å². The molecule has 0 saturated carbocycles. The molecular weight excluding hydrogens is 268 g/mol. The third kappa shape index (κ3) is 1.95. The molecule has 0 radical (unpaired) electrons. The number of benzene rings is 2. The Bertz CT molecular complexity index is 894. The van der Waals surface area contributed by atoms with E-state index in [0.29, 0.717) is 0 Å². The summed E-state index contributed by atoms with van der Waals surface area (Å²) in [6.45, 7) is 8.54. The fraction of sp³-hybridized carbons (Fsp3) is 0.200. The molecule has 0 spiro atoms. The second kappa shape index (κ2) is 4.51. The molecule has 4 aromatic rings. The number of nitrogens with zero attached hydrogens (tertiary/aromatic N) is 2. The van der Waals surface area contributed by atoms with Crippen molar-refractivity contribution in [3.8, 4) is 0 Å². The topological polar surface area (TPSA) is 25.8 Å². The SMILES string of the molecule is Cc1cc2cc3nc4cc(C)c(C)cc4cc3nc2cc1C. The highest BCUT2D eigenvalue weighted by atomic mass is 14.8. The number of fused-ring (bicyclic) bond motifs is 3. The first kappa shape index (κ1) is 13.2. The number of hydrogen-bond donors (Lipinski definition) is 0. The molecule has 0 fully saturated rings. The van der Waals surface area contributed by atoms with Crippen LogP contribution in [0.1, 0.15) is 22.3 Å². The van der Waals surface area contributed by atoms with E-state index in [1.807, 2.05) is 0 Å². The van der Waals surface area contributed by atoms with Gasteiger partial charge in [-0.1, -0.05) is 0 Å². The summed E-state index contributed by atoms with van der Waals surface area (Å²) in [5, 5.41) is 2.32. The average Bonchev–Trinajstić information content (AvgIpc) is 2.46. The Hall–Kier alpha value is -2.48. The van der Waals surface area contributed by atoms with Crippen LogP contribution in [0.25, 0.3) is 32.8 Å². The zero-order valence-corrected chi connectivity index (χ0v) is 13.4. The van der Waals surface area contributed by atoms with Gasteiger partial charge in [-0.05, 0) is 86.3 Å². The summed E-state index contributed by atoms with van der Waals surface area (Å²) >= 11 is 0. The van der Waals surface area contributed by atoms with E-state index in [1.54, 1.807) is 0 Å². The maximum atomic E-state index is 4.82. The number of pyridine rings is 2. The third-order valence-corrected chi connectivity index (χ3v) is 4.61. The molecule has 108 valence electrons. The second-order valence-electron chi connectivity index (χ2n) is 6.27. The molecule has 4 rings (SSSR count). The lowest BCUT2D eigenvalue weighted by molar-refractivity contribution is 1.33. The zero-order chi connectivity index (χ0) is 15.4. The monoisotopic (exact) mass is 286 g/mol. The minimum absolute atomic E-state index is 0.964. The number of aromatic nitrogens is 2. The Kier molecular flexibility index (Phi) is 2.70. The highest BCUT2D eigenvalue weighted by molar-refractivity contribution is 5.97. The van der Waals surface area contributed by atoms with Crippen LogP contribution >= 0.6 is 0 Å². The van der Waals surface area contributed by atoms with Gasteiger partial charge in [-0.15, -0.1) is 0 Å². The summed E-state index contributed by atoms with van der Waals surface area (Å²) in [4.78, 5) is 9.64. The molecule has 0 aliphatic rings. The van der Waals surface area contributed by atoms with Gasteiger partial charge in [0, 0.05) is 10.8 Å². The van der Waals surface area contributed by atoms with Crippen LogP contribution in [0, 0.1) is 27.7 Å². The lowest BCUT2D eigenvalue weighted by Crippen LogP contribution is -1.91. The summed E-state index contributed by atoms with van der Waals surface area (Å²) in [5.74, 6) is 0. The van der Waals surface area contributed by atoms with Gasteiger partial charge in [-0.2, -0.15) is 0 Å². The van der Waals surface area contributed by atoms with Crippen molar-refractivity contribution >= 4 is 32.8 Å². The van der Waals surface area contributed by atoms with Crippen molar-refractivity contribution in [2.45, 2.75) is 27.7 Å². The highest BCUT2D eigenvalue weighted by Gasteiger charge is 2.06. The number of aryl methyl sites for hydroxylation is 4. The molecule has 0 aliphatic carbocycles. The molecule has 22 heavy (non-hydrogen) atoms. The molecule has 0 amide bonds. The molecule has 2 aromatic heterocycles. The molecule has 0 bridgehead atoms. The lowest BCUT2D eigenvalue weighted by atomic mass is 10.0. The van der Waals surface area contributed by atoms with E-state index in [9.17, 15) is 0 Å². The number of hydrogen-bond acceptors (Lipinski definition) is 2. The van der Waals surface area contributed by atoms with E-state index in [4.69, 9.17) is 9.97 Å². The largest absolute Gasteiger partial charge is 0.246 e. The smallest absolute Gasteiger partial charge is 0.0900 e. The summed E-state index contributed by atoms with van der Waals surface area (Å²) in [6.07, 6.45) is 0. The molecule has 2 nitrogen and oxygen atoms in total. The van der Waals surface area contributed by atoms with Gasteiger partial charge in [0.1, 0.15) is 0 Å². The van der Waals surface area contributed by atoms with Gasteiger partial charge in [-0.3, -0.25) is 0 Å². The molecule has 0 saturated heterocycles. The predicted molar refractivity (Wildman–Crippen MR) is 93.5 cm³/mol. The van der Waals surface area contributed by atoms with Gasteiger partial charge in [0.15, 0.2) is 0 Å². The summed E-state index contributed by atoms with van der Waals surface area (Å²) in [6, 6.07) is 13.0. The van der Waals surface area contributed by atoms with Crippen molar-refractivity contribution < 1.29 is 0 Å². The lowest BCUT2D eigenvalue weighted by Gasteiger charge is -2.08. The third-order valence-electron chi connectivity index (χ3n) is 4.61. The normalized spacial score (nSPS) is 11.6. The molecular formula is C20H18N2. The average molecular weight is 286 g/mol. The minimum atomic E-state index is 0.964. The van der Waals surface area contributed by atoms with Gasteiger partial charge in [0.05, 0.1) is 22.1 Å². The molecule has 0 N–H and O–H groups in total. The van der Waals surface area contributed by atoms with Crippen molar-refractivity contribution in [2.24, 2.45) is 0 Å². The fourth-order valence-electron chi connectivity index (χ4n) is 2.95. The van der Waals surface area contributed by atoms with Crippen LogP contribution in [0.2, 0.25) is 0 Å². The van der Waals surface area contributed by atoms with Crippen LogP contribution in [-0.2, 0) is 0 Å². The maximum Gasteiger partial charge on any atom is 0.0900 e. The van der Waals surface area contributed by atoms with Crippen LogP contribution in [0.4, 0.5) is 0 Å². The zero-order valence-electron chi connectivity index (χ0n) is 13.4. The molecule has 0 unspecified atom stereocenters. The van der Waals surface area contributed by atoms with Crippen molar-refractivity contribution in [1.82, 2.24) is 9.97 Å². The van der Waals surface area contributed by atoms with E-state index in [1.165, 1.54) is 22.3 Å². The Morgan fingerprint density at radius 3 is 1.23 bits per heavy atom. The molecule has 2 heterocycles. The van der Waals surface area contributed by atoms with E-state index >= 15 is 0 Å².